The maximum atomic E-state index is 14.5. The quantitative estimate of drug-likeness (QED) is 0.639. The van der Waals surface area contributed by atoms with Gasteiger partial charge in [-0.05, 0) is 25.1 Å². The second-order valence-electron chi connectivity index (χ2n) is 6.91. The van der Waals surface area contributed by atoms with Crippen LogP contribution in [0, 0.1) is 5.82 Å². The van der Waals surface area contributed by atoms with Gasteiger partial charge in [0.2, 0.25) is 5.88 Å². The number of anilines is 1. The Balaban J connectivity index is 1.77. The van der Waals surface area contributed by atoms with Gasteiger partial charge in [-0.3, -0.25) is 4.79 Å². The Kier molecular flexibility index (Phi) is 6.56. The summed E-state index contributed by atoms with van der Waals surface area (Å²) in [7, 11) is 0. The van der Waals surface area contributed by atoms with E-state index in [1.54, 1.807) is 6.92 Å². The number of nitrogens with zero attached hydrogens (tertiary/aromatic N) is 3. The molecule has 2 aromatic rings. The summed E-state index contributed by atoms with van der Waals surface area (Å²) in [6, 6.07) is 3.56. The molecule has 31 heavy (non-hydrogen) atoms. The Morgan fingerprint density at radius 2 is 2.16 bits per heavy atom. The van der Waals surface area contributed by atoms with Crippen molar-refractivity contribution >= 4 is 17.6 Å². The van der Waals surface area contributed by atoms with Gasteiger partial charge in [0.05, 0.1) is 17.9 Å². The summed E-state index contributed by atoms with van der Waals surface area (Å²) in [5, 5.41) is 2.53. The number of ether oxygens (including phenoxy) is 2. The fourth-order valence-corrected chi connectivity index (χ4v) is 3.09. The van der Waals surface area contributed by atoms with Crippen molar-refractivity contribution in [2.75, 3.05) is 18.6 Å². The van der Waals surface area contributed by atoms with Crippen molar-refractivity contribution in [3.8, 4) is 5.88 Å². The van der Waals surface area contributed by atoms with Crippen LogP contribution in [0.4, 0.5) is 23.2 Å². The number of aromatic nitrogens is 2. The van der Waals surface area contributed by atoms with Crippen molar-refractivity contribution in [3.05, 3.63) is 47.7 Å². The number of aliphatic imine (C=N–C) groups is 1. The number of benzene rings is 1. The normalized spacial score (nSPS) is 20.7. The average molecular weight is 441 g/mol. The molecule has 0 spiro atoms. The van der Waals surface area contributed by atoms with Crippen LogP contribution in [-0.2, 0) is 10.3 Å². The number of hydrogen-bond donors (Lipinski definition) is 2. The number of halogens is 4. The molecular weight excluding hydrogens is 422 g/mol. The fraction of sp³-hybridized carbons (Fsp3) is 0.368. The van der Waals surface area contributed by atoms with Gasteiger partial charge in [0.25, 0.3) is 18.4 Å². The first-order valence-electron chi connectivity index (χ1n) is 9.12. The van der Waals surface area contributed by atoms with Crippen LogP contribution in [0.25, 0.3) is 0 Å². The van der Waals surface area contributed by atoms with Gasteiger partial charge in [-0.15, -0.1) is 0 Å². The summed E-state index contributed by atoms with van der Waals surface area (Å²) in [5.74, 6) is -1.45. The van der Waals surface area contributed by atoms with Crippen LogP contribution in [0.5, 0.6) is 5.88 Å². The van der Waals surface area contributed by atoms with Crippen LogP contribution in [0.1, 0.15) is 29.4 Å². The summed E-state index contributed by atoms with van der Waals surface area (Å²) in [6.45, 7) is -0.0865. The molecule has 8 nitrogen and oxygen atoms in total. The zero-order valence-corrected chi connectivity index (χ0v) is 16.3. The van der Waals surface area contributed by atoms with E-state index in [2.05, 4.69) is 20.3 Å². The van der Waals surface area contributed by atoms with E-state index in [4.69, 9.17) is 15.2 Å². The standard InChI is InChI=1S/C19H19F4N5O3/c1-19(5-11(6-20)31-18(24)28-19)12-4-10(2-3-13(12)21)27-17(29)14-7-26-16(8-25-14)30-9-15(22)23/h2-4,7-8,11,15H,5-6,9H2,1H3,(H2,24,28)(H,27,29)/t11-,19-/m0/s1. The molecule has 0 saturated heterocycles. The Hall–Kier alpha value is -3.44. The minimum atomic E-state index is -2.67. The molecule has 0 aliphatic carbocycles. The number of carbonyl (C=O) groups excluding carboxylic acids is 1. The van der Waals surface area contributed by atoms with E-state index in [0.29, 0.717) is 0 Å². The number of nitrogens with one attached hydrogen (secondary N) is 1. The lowest BCUT2D eigenvalue weighted by Gasteiger charge is -2.34. The first-order chi connectivity index (χ1) is 14.7. The summed E-state index contributed by atoms with van der Waals surface area (Å²) in [4.78, 5) is 24.1. The lowest BCUT2D eigenvalue weighted by molar-refractivity contribution is 0.0792. The highest BCUT2D eigenvalue weighted by Gasteiger charge is 2.37. The van der Waals surface area contributed by atoms with Gasteiger partial charge in [-0.2, -0.15) is 0 Å². The van der Waals surface area contributed by atoms with Gasteiger partial charge in [-0.25, -0.2) is 32.5 Å². The van der Waals surface area contributed by atoms with Crippen molar-refractivity contribution in [1.29, 1.82) is 0 Å². The highest BCUT2D eigenvalue weighted by Crippen LogP contribution is 2.37. The summed E-state index contributed by atoms with van der Waals surface area (Å²) < 4.78 is 61.7. The second-order valence-corrected chi connectivity index (χ2v) is 6.91. The van der Waals surface area contributed by atoms with Gasteiger partial charge in [0.15, 0.2) is 6.61 Å². The van der Waals surface area contributed by atoms with E-state index in [9.17, 15) is 22.4 Å². The SMILES string of the molecule is C[C@@]1(c2cc(NC(=O)c3cnc(OCC(F)F)cn3)ccc2F)C[C@@H](CF)OC(N)=N1. The molecule has 12 heteroatoms. The average Bonchev–Trinajstić information content (AvgIpc) is 2.73. The zero-order valence-electron chi connectivity index (χ0n) is 16.3. The molecule has 166 valence electrons. The first kappa shape index (κ1) is 22.2. The van der Waals surface area contributed by atoms with E-state index >= 15 is 0 Å². The number of amides is 1. The van der Waals surface area contributed by atoms with Gasteiger partial charge >= 0.3 is 0 Å². The molecule has 0 fully saturated rings. The van der Waals surface area contributed by atoms with Crippen LogP contribution < -0.4 is 15.8 Å². The predicted molar refractivity (Wildman–Crippen MR) is 102 cm³/mol. The number of nitrogens with two attached hydrogens (primary N) is 1. The van der Waals surface area contributed by atoms with E-state index in [1.807, 2.05) is 0 Å². The number of amidine groups is 1. The molecule has 1 aliphatic heterocycles. The maximum Gasteiger partial charge on any atom is 0.283 e. The topological polar surface area (TPSA) is 112 Å². The zero-order chi connectivity index (χ0) is 22.6. The Labute approximate surface area is 174 Å². The Morgan fingerprint density at radius 3 is 2.81 bits per heavy atom. The lowest BCUT2D eigenvalue weighted by atomic mass is 9.85. The second kappa shape index (κ2) is 9.14. The highest BCUT2D eigenvalue weighted by molar-refractivity contribution is 6.02. The van der Waals surface area contributed by atoms with Crippen molar-refractivity contribution in [3.63, 3.8) is 0 Å². The number of alkyl halides is 3. The predicted octanol–water partition coefficient (Wildman–Crippen LogP) is 2.80. The van der Waals surface area contributed by atoms with Crippen molar-refractivity contribution < 1.29 is 31.8 Å². The first-order valence-corrected chi connectivity index (χ1v) is 9.12. The smallest absolute Gasteiger partial charge is 0.283 e. The molecule has 0 saturated carbocycles. The van der Waals surface area contributed by atoms with Gasteiger partial charge in [0.1, 0.15) is 24.3 Å². The highest BCUT2D eigenvalue weighted by atomic mass is 19.3. The molecule has 0 radical (unpaired) electrons. The van der Waals surface area contributed by atoms with E-state index in [0.717, 1.165) is 18.5 Å². The third-order valence-corrected chi connectivity index (χ3v) is 4.46. The molecular formula is C19H19F4N5O3. The summed E-state index contributed by atoms with van der Waals surface area (Å²) in [5.41, 5.74) is 4.61. The van der Waals surface area contributed by atoms with Gasteiger partial charge in [0, 0.05) is 17.7 Å². The molecule has 1 aromatic heterocycles. The van der Waals surface area contributed by atoms with Crippen LogP contribution in [0.15, 0.2) is 35.6 Å². The van der Waals surface area contributed by atoms with Crippen LogP contribution >= 0.6 is 0 Å². The summed E-state index contributed by atoms with van der Waals surface area (Å²) >= 11 is 0. The molecule has 1 aromatic carbocycles. The molecule has 2 heterocycles. The summed E-state index contributed by atoms with van der Waals surface area (Å²) in [6.07, 6.45) is -1.41. The van der Waals surface area contributed by atoms with Crippen LogP contribution in [0.2, 0.25) is 0 Å². The fourth-order valence-electron chi connectivity index (χ4n) is 3.09. The van der Waals surface area contributed by atoms with E-state index in [1.165, 1.54) is 12.1 Å². The third kappa shape index (κ3) is 5.38. The minimum absolute atomic E-state index is 0.0457. The van der Waals surface area contributed by atoms with Gasteiger partial charge < -0.3 is 20.5 Å². The van der Waals surface area contributed by atoms with E-state index < -0.39 is 43.1 Å². The molecule has 0 unspecified atom stereocenters. The largest absolute Gasteiger partial charge is 0.470 e. The molecule has 3 rings (SSSR count). The number of carbonyl (C=O) groups is 1. The molecule has 0 bridgehead atoms. The maximum absolute atomic E-state index is 14.5. The van der Waals surface area contributed by atoms with Crippen LogP contribution in [0.3, 0.4) is 0 Å². The monoisotopic (exact) mass is 441 g/mol. The van der Waals surface area contributed by atoms with Gasteiger partial charge in [-0.1, -0.05) is 0 Å². The minimum Gasteiger partial charge on any atom is -0.470 e. The third-order valence-electron chi connectivity index (χ3n) is 4.46. The molecule has 3 N–H and O–H groups in total. The van der Waals surface area contributed by atoms with Crippen LogP contribution in [-0.4, -0.2) is 47.7 Å². The molecule has 2 atom stereocenters. The Bertz CT molecular complexity index is 974. The molecule has 1 amide bonds. The number of rotatable bonds is 7. The Morgan fingerprint density at radius 1 is 1.39 bits per heavy atom. The van der Waals surface area contributed by atoms with Crippen molar-refractivity contribution in [2.45, 2.75) is 31.4 Å². The van der Waals surface area contributed by atoms with Crippen molar-refractivity contribution in [1.82, 2.24) is 9.97 Å². The van der Waals surface area contributed by atoms with E-state index in [-0.39, 0.29) is 35.3 Å². The number of hydrogen-bond acceptors (Lipinski definition) is 7. The molecule has 1 aliphatic rings. The van der Waals surface area contributed by atoms with Crippen molar-refractivity contribution in [2.24, 2.45) is 10.7 Å². The lowest BCUT2D eigenvalue weighted by Crippen LogP contribution is -2.40.